The van der Waals surface area contributed by atoms with E-state index < -0.39 is 62.3 Å². The number of methoxy groups -OCH3 is 5. The van der Waals surface area contributed by atoms with Crippen molar-refractivity contribution < 1.29 is 67.7 Å². The van der Waals surface area contributed by atoms with Gasteiger partial charge in [-0.05, 0) is 304 Å². The number of aromatic nitrogens is 4. The number of piperidine rings is 4. The first kappa shape index (κ1) is 94.2. The van der Waals surface area contributed by atoms with Crippen molar-refractivity contribution in [2.75, 3.05) is 82.9 Å². The summed E-state index contributed by atoms with van der Waals surface area (Å²) in [6.07, 6.45) is 9.91. The molecule has 8 heterocycles. The van der Waals surface area contributed by atoms with Gasteiger partial charge in [-0.3, -0.25) is 33.6 Å². The van der Waals surface area contributed by atoms with Crippen molar-refractivity contribution in [1.29, 1.82) is 0 Å². The molecule has 5 aromatic carbocycles. The SMILES string of the molecule is C.CCn1c2c(cc(C(=O)OC)c1=O)C[C@@]1(O)[C@H]3Cc4ccc(OC)cc4[C@@]1(CCN3C)C2.CCn1c2c(cc(C(C)=O)c1=O)C[C@@]1(O)[C@H]3Cc4ccc(OC)cc4[C@@]1(CCN3C)C2.COc1ccc2c(c1)[C@]13CCN(C(=O)OC(C)(C)C)[C@H](C2)[C@]1(O)Cc1cc(C(C)=O)c(=O)[nH]c1C3.COc1ccc2c(c1)[C@]13CCN(C)[C@H](C2)[C@@H]1Cc1cc(C(=O)NCc2ccccc2)c(=O)[nH]c1C3. The number of H-pyrrole nitrogens is 2. The fourth-order valence-electron chi connectivity index (χ4n) is 26.2. The average molecular weight is 1830 g/mol. The molecule has 27 nitrogen and oxygen atoms in total. The lowest BCUT2D eigenvalue weighted by molar-refractivity contribution is -0.147. The van der Waals surface area contributed by atoms with Gasteiger partial charge < -0.3 is 87.8 Å². The maximum atomic E-state index is 13.3. The van der Waals surface area contributed by atoms with Crippen LogP contribution in [0.4, 0.5) is 4.79 Å². The summed E-state index contributed by atoms with van der Waals surface area (Å²) in [5.41, 5.74) is 11.3. The Morgan fingerprint density at radius 1 is 0.455 bits per heavy atom. The number of pyridine rings is 4. The van der Waals surface area contributed by atoms with Gasteiger partial charge in [-0.25, -0.2) is 9.59 Å². The smallest absolute Gasteiger partial charge is 0.410 e. The number of amides is 2. The number of likely N-dealkylation sites (tertiary alicyclic amines) is 4. The molecule has 9 aromatic rings. The maximum absolute atomic E-state index is 13.3. The van der Waals surface area contributed by atoms with E-state index in [4.69, 9.17) is 28.4 Å². The molecule has 27 heteroatoms. The lowest BCUT2D eigenvalue weighted by atomic mass is 9.49. The summed E-state index contributed by atoms with van der Waals surface area (Å²) < 4.78 is 36.2. The number of ketones is 2. The first-order chi connectivity index (χ1) is 63.4. The topological polar surface area (TPSA) is 336 Å². The molecule has 2 amide bonds. The number of aliphatic hydroxyl groups is 3. The summed E-state index contributed by atoms with van der Waals surface area (Å²) in [6.45, 7) is 16.7. The fraction of sp³-hybridized carbons (Fsp3) is 0.486. The summed E-state index contributed by atoms with van der Waals surface area (Å²) in [5, 5.41) is 40.3. The molecular formula is C107H127N9O18. The van der Waals surface area contributed by atoms with Gasteiger partial charge in [0.25, 0.3) is 28.1 Å². The molecule has 134 heavy (non-hydrogen) atoms. The van der Waals surface area contributed by atoms with Crippen LogP contribution in [0, 0.1) is 5.92 Å². The molecule has 8 aliphatic carbocycles. The van der Waals surface area contributed by atoms with E-state index in [-0.39, 0.29) is 87.8 Å². The Bertz CT molecular complexity index is 6510. The van der Waals surface area contributed by atoms with Crippen LogP contribution in [-0.4, -0.2) is 213 Å². The van der Waals surface area contributed by atoms with Crippen LogP contribution in [0.1, 0.15) is 218 Å². The fourth-order valence-corrected chi connectivity index (χ4v) is 26.2. The Kier molecular flexibility index (Phi) is 24.6. The molecule has 12 atom stereocenters. The van der Waals surface area contributed by atoms with Gasteiger partial charge in [0, 0.05) is 127 Å². The minimum atomic E-state index is -1.32. The molecule has 4 saturated heterocycles. The van der Waals surface area contributed by atoms with E-state index in [0.29, 0.717) is 88.8 Å². The number of benzene rings is 5. The molecular weight excluding hydrogens is 1700 g/mol. The van der Waals surface area contributed by atoms with Crippen molar-refractivity contribution in [1.82, 2.24) is 44.0 Å². The molecule has 4 aromatic heterocycles. The standard InChI is InChI=1S/C29H31N3O3.C27H32N2O6.C25H30N2O5.C25H30N2O4.CH4/c1-32-11-10-29-16-25-20(13-24(29)26(32)14-19-8-9-21(35-2)15-23(19)29)12-22(28(34)31-25)27(33)30-17-18-6-4-3-5-7-18;1-15(30)19-10-17-13-27(33)22-11-16-6-7-18(34-5)12-20(16)26(27,14-21(17)28-23(19)31)8-9-29(22)24(32)35-25(2,3)4;1-5-27-20-14-24-8-9-26(2)21(11-15-6-7-17(31-3)12-19(15)24)25(24,30)13-16(20)10-18(22(27)28)23(29)32-4;1-5-27-21-14-24-8-9-26(3)22(11-16-6-7-18(31-4)12-20(16)24)25(24,30)13-17(21)10-19(15(2)28)23(27)29;/h3-9,12,15,24,26H,10-11,13-14,16-17H2,1-2H3,(H,30,33)(H,31,34);6-7,10,12,22,33H,8-9,11,13-14H2,1-5H3,(H,28,31);6-7,10,12,21,30H,5,8-9,11,13-14H2,1-4H3;6-7,10,12,22,30H,5,8-9,11,13-14H2,1-4H3;1H4/t24-,26+,29+;22-,26-,27-;21-,24-,25-;22-,24-,25-;/m0111./s1. The molecule has 708 valence electrons. The highest BCUT2D eigenvalue weighted by atomic mass is 16.6. The summed E-state index contributed by atoms with van der Waals surface area (Å²) >= 11 is 0. The highest BCUT2D eigenvalue weighted by molar-refractivity contribution is 5.95. The van der Waals surface area contributed by atoms with Gasteiger partial charge in [0.2, 0.25) is 0 Å². The summed E-state index contributed by atoms with van der Waals surface area (Å²) in [4.78, 5) is 129. The number of fused-ring (bicyclic) bond motifs is 8. The molecule has 0 radical (unpaired) electrons. The average Bonchev–Trinajstić information content (AvgIpc) is 0.681. The van der Waals surface area contributed by atoms with Crippen LogP contribution in [0.25, 0.3) is 0 Å². The monoisotopic (exact) mass is 1830 g/mol. The van der Waals surface area contributed by atoms with Crippen LogP contribution in [0.2, 0.25) is 0 Å². The third-order valence-corrected chi connectivity index (χ3v) is 32.9. The summed E-state index contributed by atoms with van der Waals surface area (Å²) in [7, 11) is 14.3. The Balaban J connectivity index is 0.000000124. The zero-order valence-electron chi connectivity index (χ0n) is 78.9. The summed E-state index contributed by atoms with van der Waals surface area (Å²) in [5.74, 6) is 2.07. The van der Waals surface area contributed by atoms with Crippen molar-refractivity contribution in [3.05, 3.63) is 286 Å². The minimum Gasteiger partial charge on any atom is -0.497 e. The molecule has 0 saturated carbocycles. The van der Waals surface area contributed by atoms with Gasteiger partial charge >= 0.3 is 12.1 Å². The second-order valence-corrected chi connectivity index (χ2v) is 40.3. The minimum absolute atomic E-state index is 0. The maximum Gasteiger partial charge on any atom is 0.410 e. The van der Waals surface area contributed by atoms with Gasteiger partial charge in [0.1, 0.15) is 39.7 Å². The number of aromatic amines is 2. The van der Waals surface area contributed by atoms with E-state index in [9.17, 15) is 58.5 Å². The van der Waals surface area contributed by atoms with Crippen molar-refractivity contribution in [2.24, 2.45) is 5.92 Å². The Labute approximate surface area is 781 Å². The number of nitrogens with one attached hydrogen (secondary N) is 3. The molecule has 4 aliphatic heterocycles. The Morgan fingerprint density at radius 3 is 1.37 bits per heavy atom. The number of likely N-dealkylation sites (N-methyl/N-ethyl adjacent to an activating group) is 3. The van der Waals surface area contributed by atoms with Crippen LogP contribution < -0.4 is 46.5 Å². The number of hydrogen-bond donors (Lipinski definition) is 6. The van der Waals surface area contributed by atoms with Gasteiger partial charge in [0.15, 0.2) is 11.6 Å². The van der Waals surface area contributed by atoms with Crippen LogP contribution in [-0.2, 0) is 128 Å². The van der Waals surface area contributed by atoms with Crippen LogP contribution >= 0.6 is 0 Å². The first-order valence-electron chi connectivity index (χ1n) is 46.8. The highest BCUT2D eigenvalue weighted by Crippen LogP contribution is 2.62. The number of carbonyl (C=O) groups excluding carboxylic acids is 5. The van der Waals surface area contributed by atoms with Crippen molar-refractivity contribution in [3.8, 4) is 23.0 Å². The molecule has 0 spiro atoms. The zero-order valence-corrected chi connectivity index (χ0v) is 78.9. The lowest BCUT2D eigenvalue weighted by Crippen LogP contribution is -2.75. The van der Waals surface area contributed by atoms with Crippen LogP contribution in [0.15, 0.2) is 147 Å². The molecule has 6 N–H and O–H groups in total. The molecule has 21 rings (SSSR count). The molecule has 4 fully saturated rings. The number of hydrogen-bond acceptors (Lipinski definition) is 21. The quantitative estimate of drug-likeness (QED) is 0.0489. The highest BCUT2D eigenvalue weighted by Gasteiger charge is 2.69. The number of rotatable bonds is 12. The second-order valence-electron chi connectivity index (χ2n) is 40.3. The lowest BCUT2D eigenvalue weighted by Gasteiger charge is -2.63. The van der Waals surface area contributed by atoms with Gasteiger partial charge in [-0.2, -0.15) is 0 Å². The zero-order chi connectivity index (χ0) is 94.5. The van der Waals surface area contributed by atoms with E-state index in [1.165, 1.54) is 43.2 Å². The van der Waals surface area contributed by atoms with E-state index in [1.54, 1.807) is 60.7 Å². The number of ether oxygens (including phenoxy) is 6. The number of carbonyl (C=O) groups is 5. The largest absolute Gasteiger partial charge is 0.497 e. The normalized spacial score (nSPS) is 26.9. The first-order valence-corrected chi connectivity index (χ1v) is 46.8. The van der Waals surface area contributed by atoms with Gasteiger partial charge in [-0.15, -0.1) is 0 Å². The van der Waals surface area contributed by atoms with Gasteiger partial charge in [-0.1, -0.05) is 62.0 Å². The summed E-state index contributed by atoms with van der Waals surface area (Å²) in [6, 6.07) is 41.2. The Hall–Kier alpha value is -11.6. The van der Waals surface area contributed by atoms with E-state index in [1.807, 2.05) is 101 Å². The third-order valence-electron chi connectivity index (χ3n) is 32.9. The molecule has 0 unspecified atom stereocenters. The van der Waals surface area contributed by atoms with E-state index in [2.05, 4.69) is 93.6 Å². The van der Waals surface area contributed by atoms with Crippen molar-refractivity contribution >= 4 is 29.5 Å². The number of Topliss-reactive ketones (excluding diaryl/α,β-unsaturated/α-hetero) is 2. The van der Waals surface area contributed by atoms with Crippen LogP contribution in [0.5, 0.6) is 23.0 Å². The Morgan fingerprint density at radius 2 is 0.881 bits per heavy atom. The van der Waals surface area contributed by atoms with E-state index in [0.717, 1.165) is 161 Å². The predicted molar refractivity (Wildman–Crippen MR) is 508 cm³/mol. The molecule has 12 aliphatic rings. The van der Waals surface area contributed by atoms with Crippen LogP contribution in [0.3, 0.4) is 0 Å². The number of nitrogens with zero attached hydrogens (tertiary/aromatic N) is 6. The van der Waals surface area contributed by atoms with Crippen molar-refractivity contribution in [2.45, 2.75) is 246 Å². The molecule has 8 bridgehead atoms. The van der Waals surface area contributed by atoms with Crippen molar-refractivity contribution in [3.63, 3.8) is 0 Å². The number of esters is 1. The van der Waals surface area contributed by atoms with Gasteiger partial charge in [0.05, 0.1) is 69.5 Å². The van der Waals surface area contributed by atoms with E-state index >= 15 is 0 Å². The predicted octanol–water partition coefficient (Wildman–Crippen LogP) is 10.6. The third kappa shape index (κ3) is 15.0. The second kappa shape index (κ2) is 35.0.